The van der Waals surface area contributed by atoms with Crippen LogP contribution in [-0.4, -0.2) is 6.36 Å². The Balaban J connectivity index is 1.96. The van der Waals surface area contributed by atoms with E-state index in [0.717, 1.165) is 17.7 Å². The minimum atomic E-state index is -4.95. The van der Waals surface area contributed by atoms with Crippen molar-refractivity contribution in [1.82, 2.24) is 0 Å². The molecule has 6 heteroatoms. The predicted molar refractivity (Wildman–Crippen MR) is 85.1 cm³/mol. The van der Waals surface area contributed by atoms with Gasteiger partial charge in [0.15, 0.2) is 11.6 Å². The standard InChI is InChI=1S/C19H15F5O/c1-2-11-3-6-15(16(20)7-11)13-5-4-12-10-18(25-19(22,23)24)17(21)9-14(12)8-13/h3,6-10H,2,4-5H2,1H3. The molecule has 0 N–H and O–H groups in total. The SMILES string of the molecule is CCc1ccc(C2=Cc3cc(F)c(OC(F)(F)F)cc3CC2)c(F)c1. The molecular weight excluding hydrogens is 339 g/mol. The summed E-state index contributed by atoms with van der Waals surface area (Å²) in [6, 6.07) is 7.03. The van der Waals surface area contributed by atoms with Crippen LogP contribution < -0.4 is 4.74 Å². The average Bonchev–Trinajstić information content (AvgIpc) is 2.54. The quantitative estimate of drug-likeness (QED) is 0.623. The molecule has 0 amide bonds. The van der Waals surface area contributed by atoms with Gasteiger partial charge in [0.2, 0.25) is 0 Å². The van der Waals surface area contributed by atoms with Gasteiger partial charge in [0.25, 0.3) is 0 Å². The Morgan fingerprint density at radius 3 is 2.40 bits per heavy atom. The highest BCUT2D eigenvalue weighted by Gasteiger charge is 2.33. The molecule has 1 aliphatic carbocycles. The number of ether oxygens (including phenoxy) is 1. The Bertz CT molecular complexity index is 836. The summed E-state index contributed by atoms with van der Waals surface area (Å²) in [5.74, 6) is -2.30. The fourth-order valence-corrected chi connectivity index (χ4v) is 2.95. The second kappa shape index (κ2) is 6.50. The molecule has 0 aliphatic heterocycles. The molecule has 132 valence electrons. The van der Waals surface area contributed by atoms with E-state index >= 15 is 0 Å². The van der Waals surface area contributed by atoms with E-state index in [0.29, 0.717) is 41.5 Å². The van der Waals surface area contributed by atoms with Crippen molar-refractivity contribution >= 4 is 11.6 Å². The van der Waals surface area contributed by atoms with Crippen molar-refractivity contribution in [2.24, 2.45) is 0 Å². The fraction of sp³-hybridized carbons (Fsp3) is 0.263. The van der Waals surface area contributed by atoms with Crippen LogP contribution in [0.5, 0.6) is 5.75 Å². The van der Waals surface area contributed by atoms with Crippen LogP contribution in [0.25, 0.3) is 11.6 Å². The molecule has 0 unspecified atom stereocenters. The number of aryl methyl sites for hydroxylation is 2. The maximum absolute atomic E-state index is 14.3. The number of hydrogen-bond donors (Lipinski definition) is 0. The number of fused-ring (bicyclic) bond motifs is 1. The average molecular weight is 354 g/mol. The summed E-state index contributed by atoms with van der Waals surface area (Å²) in [6.07, 6.45) is -1.79. The van der Waals surface area contributed by atoms with Crippen molar-refractivity contribution in [2.45, 2.75) is 32.5 Å². The van der Waals surface area contributed by atoms with Gasteiger partial charge in [-0.1, -0.05) is 25.1 Å². The number of allylic oxidation sites excluding steroid dienone is 1. The number of halogens is 5. The molecule has 1 aliphatic rings. The molecule has 0 bridgehead atoms. The first-order valence-corrected chi connectivity index (χ1v) is 7.84. The van der Waals surface area contributed by atoms with Gasteiger partial charge in [0.1, 0.15) is 5.82 Å². The molecule has 2 aromatic rings. The summed E-state index contributed by atoms with van der Waals surface area (Å²) < 4.78 is 68.8. The van der Waals surface area contributed by atoms with Crippen molar-refractivity contribution in [3.05, 3.63) is 64.2 Å². The van der Waals surface area contributed by atoms with E-state index in [1.807, 2.05) is 13.0 Å². The summed E-state index contributed by atoms with van der Waals surface area (Å²) in [4.78, 5) is 0. The van der Waals surface area contributed by atoms with Crippen LogP contribution in [0.3, 0.4) is 0 Å². The summed E-state index contributed by atoms with van der Waals surface area (Å²) >= 11 is 0. The van der Waals surface area contributed by atoms with E-state index in [4.69, 9.17) is 0 Å². The van der Waals surface area contributed by atoms with Crippen molar-refractivity contribution < 1.29 is 26.7 Å². The predicted octanol–water partition coefficient (Wildman–Crippen LogP) is 5.91. The van der Waals surface area contributed by atoms with E-state index in [-0.39, 0.29) is 5.82 Å². The Kier molecular flexibility index (Phi) is 4.54. The largest absolute Gasteiger partial charge is 0.573 e. The van der Waals surface area contributed by atoms with Gasteiger partial charge >= 0.3 is 6.36 Å². The molecule has 0 spiro atoms. The van der Waals surface area contributed by atoms with Crippen molar-refractivity contribution in [3.8, 4) is 5.75 Å². The van der Waals surface area contributed by atoms with Crippen molar-refractivity contribution in [1.29, 1.82) is 0 Å². The molecule has 3 rings (SSSR count). The summed E-state index contributed by atoms with van der Waals surface area (Å²) in [5.41, 5.74) is 2.97. The van der Waals surface area contributed by atoms with E-state index in [1.165, 1.54) is 6.07 Å². The second-order valence-corrected chi connectivity index (χ2v) is 5.87. The van der Waals surface area contributed by atoms with Crippen LogP contribution in [0.1, 0.15) is 35.6 Å². The molecule has 0 saturated heterocycles. The molecule has 0 saturated carbocycles. The van der Waals surface area contributed by atoms with Crippen molar-refractivity contribution in [3.63, 3.8) is 0 Å². The highest BCUT2D eigenvalue weighted by Crippen LogP contribution is 2.36. The first-order chi connectivity index (χ1) is 11.8. The van der Waals surface area contributed by atoms with E-state index in [2.05, 4.69) is 4.74 Å². The van der Waals surface area contributed by atoms with Gasteiger partial charge in [-0.25, -0.2) is 8.78 Å². The fourth-order valence-electron chi connectivity index (χ4n) is 2.95. The Morgan fingerprint density at radius 2 is 1.76 bits per heavy atom. The lowest BCUT2D eigenvalue weighted by molar-refractivity contribution is -0.275. The topological polar surface area (TPSA) is 9.23 Å². The molecule has 0 fully saturated rings. The van der Waals surface area contributed by atoms with E-state index in [1.54, 1.807) is 12.1 Å². The summed E-state index contributed by atoms with van der Waals surface area (Å²) in [6.45, 7) is 1.92. The monoisotopic (exact) mass is 354 g/mol. The van der Waals surface area contributed by atoms with Crippen LogP contribution >= 0.6 is 0 Å². The Labute approximate surface area is 141 Å². The van der Waals surface area contributed by atoms with E-state index in [9.17, 15) is 22.0 Å². The number of alkyl halides is 3. The van der Waals surface area contributed by atoms with Gasteiger partial charge in [-0.2, -0.15) is 0 Å². The van der Waals surface area contributed by atoms with Gasteiger partial charge in [0, 0.05) is 5.56 Å². The van der Waals surface area contributed by atoms with Gasteiger partial charge in [-0.05, 0) is 59.7 Å². The molecule has 2 aromatic carbocycles. The minimum absolute atomic E-state index is 0.355. The molecule has 0 aromatic heterocycles. The minimum Gasteiger partial charge on any atom is -0.403 e. The van der Waals surface area contributed by atoms with Crippen LogP contribution in [-0.2, 0) is 12.8 Å². The third-order valence-corrected chi connectivity index (χ3v) is 4.20. The zero-order valence-electron chi connectivity index (χ0n) is 13.4. The third-order valence-electron chi connectivity index (χ3n) is 4.20. The first-order valence-electron chi connectivity index (χ1n) is 7.84. The highest BCUT2D eigenvalue weighted by atomic mass is 19.4. The lowest BCUT2D eigenvalue weighted by Crippen LogP contribution is -2.18. The molecule has 25 heavy (non-hydrogen) atoms. The smallest absolute Gasteiger partial charge is 0.403 e. The van der Waals surface area contributed by atoms with Gasteiger partial charge in [0.05, 0.1) is 0 Å². The number of rotatable bonds is 3. The van der Waals surface area contributed by atoms with Crippen LogP contribution in [0.2, 0.25) is 0 Å². The van der Waals surface area contributed by atoms with Crippen LogP contribution in [0.4, 0.5) is 22.0 Å². The van der Waals surface area contributed by atoms with Gasteiger partial charge in [-0.3, -0.25) is 0 Å². The van der Waals surface area contributed by atoms with Gasteiger partial charge < -0.3 is 4.74 Å². The molecule has 0 radical (unpaired) electrons. The molecule has 0 atom stereocenters. The second-order valence-electron chi connectivity index (χ2n) is 5.87. The van der Waals surface area contributed by atoms with Crippen LogP contribution in [0, 0.1) is 11.6 Å². The number of benzene rings is 2. The zero-order valence-corrected chi connectivity index (χ0v) is 13.4. The van der Waals surface area contributed by atoms with E-state index < -0.39 is 17.9 Å². The molecular formula is C19H15F5O. The third kappa shape index (κ3) is 3.83. The highest BCUT2D eigenvalue weighted by molar-refractivity contribution is 5.84. The lowest BCUT2D eigenvalue weighted by atomic mass is 9.88. The van der Waals surface area contributed by atoms with Crippen molar-refractivity contribution in [2.75, 3.05) is 0 Å². The molecule has 0 heterocycles. The Hall–Kier alpha value is -2.37. The maximum Gasteiger partial charge on any atom is 0.573 e. The zero-order chi connectivity index (χ0) is 18.2. The summed E-state index contributed by atoms with van der Waals surface area (Å²) in [7, 11) is 0. The maximum atomic E-state index is 14.3. The molecule has 1 nitrogen and oxygen atoms in total. The Morgan fingerprint density at radius 1 is 1.00 bits per heavy atom. The normalized spacial score (nSPS) is 14.1. The first kappa shape index (κ1) is 17.5. The number of hydrogen-bond acceptors (Lipinski definition) is 1. The summed E-state index contributed by atoms with van der Waals surface area (Å²) in [5, 5.41) is 0. The van der Waals surface area contributed by atoms with Crippen LogP contribution in [0.15, 0.2) is 30.3 Å². The lowest BCUT2D eigenvalue weighted by Gasteiger charge is -2.19. The van der Waals surface area contributed by atoms with Gasteiger partial charge in [-0.15, -0.1) is 13.2 Å².